The zero-order valence-corrected chi connectivity index (χ0v) is 27.1. The summed E-state index contributed by atoms with van der Waals surface area (Å²) in [4.78, 5) is 30.4. The first-order chi connectivity index (χ1) is 21.1. The van der Waals surface area contributed by atoms with Crippen LogP contribution in [0.25, 0.3) is 0 Å². The molecule has 2 heterocycles. The van der Waals surface area contributed by atoms with Crippen LogP contribution in [0.4, 0.5) is 0 Å². The van der Waals surface area contributed by atoms with Gasteiger partial charge in [0.1, 0.15) is 17.8 Å². The molecule has 10 heteroatoms. The van der Waals surface area contributed by atoms with Gasteiger partial charge >= 0.3 is 0 Å². The summed E-state index contributed by atoms with van der Waals surface area (Å²) in [5.41, 5.74) is 1.28. The van der Waals surface area contributed by atoms with Crippen LogP contribution in [0.15, 0.2) is 66.7 Å². The van der Waals surface area contributed by atoms with Crippen LogP contribution >= 0.6 is 23.2 Å². The van der Waals surface area contributed by atoms with Crippen molar-refractivity contribution in [1.29, 1.82) is 0 Å². The predicted molar refractivity (Wildman–Crippen MR) is 173 cm³/mol. The Kier molecular flexibility index (Phi) is 10.2. The minimum Gasteiger partial charge on any atom is -0.497 e. The third-order valence-corrected chi connectivity index (χ3v) is 8.75. The second-order valence-corrected chi connectivity index (χ2v) is 12.7. The number of nitrogens with one attached hydrogen (secondary N) is 2. The van der Waals surface area contributed by atoms with E-state index in [0.717, 1.165) is 17.4 Å². The first-order valence-corrected chi connectivity index (χ1v) is 15.8. The molecule has 0 bridgehead atoms. The van der Waals surface area contributed by atoms with Crippen molar-refractivity contribution in [3.63, 3.8) is 0 Å². The Labute approximate surface area is 269 Å². The van der Waals surface area contributed by atoms with Crippen molar-refractivity contribution >= 4 is 35.4 Å². The van der Waals surface area contributed by atoms with Gasteiger partial charge < -0.3 is 19.2 Å². The molecule has 2 fully saturated rings. The third kappa shape index (κ3) is 6.90. The molecule has 2 saturated heterocycles. The molecule has 8 nitrogen and oxygen atoms in total. The largest absolute Gasteiger partial charge is 0.497 e. The van der Waals surface area contributed by atoms with Crippen molar-refractivity contribution < 1.29 is 19.1 Å². The average molecular weight is 640 g/mol. The molecule has 5 rings (SSSR count). The van der Waals surface area contributed by atoms with Crippen LogP contribution in [0, 0.1) is 5.92 Å². The van der Waals surface area contributed by atoms with E-state index >= 15 is 0 Å². The molecular weight excluding hydrogens is 599 g/mol. The highest BCUT2D eigenvalue weighted by atomic mass is 35.5. The van der Waals surface area contributed by atoms with Gasteiger partial charge in [-0.15, -0.1) is 0 Å². The maximum Gasteiger partial charge on any atom is 0.262 e. The molecule has 2 aliphatic rings. The monoisotopic (exact) mass is 638 g/mol. The van der Waals surface area contributed by atoms with Crippen LogP contribution in [0.1, 0.15) is 49.5 Å². The normalized spacial score (nSPS) is 23.0. The summed E-state index contributed by atoms with van der Waals surface area (Å²) in [6, 6.07) is 20.4. The Hall–Kier alpha value is -3.14. The van der Waals surface area contributed by atoms with Crippen LogP contribution in [-0.2, 0) is 15.3 Å². The van der Waals surface area contributed by atoms with E-state index in [2.05, 4.69) is 15.5 Å². The van der Waals surface area contributed by atoms with Crippen LogP contribution < -0.4 is 20.1 Å². The highest BCUT2D eigenvalue weighted by molar-refractivity contribution is 6.30. The molecule has 3 atom stereocenters. The fourth-order valence-electron chi connectivity index (χ4n) is 6.07. The Balaban J connectivity index is 1.61. The lowest BCUT2D eigenvalue weighted by Crippen LogP contribution is -2.62. The van der Waals surface area contributed by atoms with Crippen molar-refractivity contribution in [3.8, 4) is 11.5 Å². The molecule has 0 aliphatic carbocycles. The Bertz CT molecular complexity index is 1390. The number of nitrogens with zero attached hydrogens (tertiary/aromatic N) is 2. The van der Waals surface area contributed by atoms with Gasteiger partial charge in [0, 0.05) is 60.3 Å². The van der Waals surface area contributed by atoms with Gasteiger partial charge in [0.2, 0.25) is 0 Å². The smallest absolute Gasteiger partial charge is 0.262 e. The molecule has 1 amide bonds. The van der Waals surface area contributed by atoms with E-state index in [-0.39, 0.29) is 30.0 Å². The number of rotatable bonds is 10. The van der Waals surface area contributed by atoms with Gasteiger partial charge in [-0.05, 0) is 61.4 Å². The van der Waals surface area contributed by atoms with E-state index in [0.29, 0.717) is 59.8 Å². The van der Waals surface area contributed by atoms with Gasteiger partial charge in [0.05, 0.1) is 25.3 Å². The molecule has 2 aliphatic heterocycles. The Morgan fingerprint density at radius 2 is 1.45 bits per heavy atom. The first-order valence-electron chi connectivity index (χ1n) is 15.0. The number of benzene rings is 3. The van der Waals surface area contributed by atoms with Crippen molar-refractivity contribution in [1.82, 2.24) is 20.4 Å². The molecule has 0 aromatic heterocycles. The van der Waals surface area contributed by atoms with Crippen molar-refractivity contribution in [2.75, 3.05) is 39.8 Å². The summed E-state index contributed by atoms with van der Waals surface area (Å²) < 4.78 is 11.9. The first kappa shape index (κ1) is 32.3. The Morgan fingerprint density at radius 3 is 1.93 bits per heavy atom. The summed E-state index contributed by atoms with van der Waals surface area (Å²) in [7, 11) is 1.61. The minimum absolute atomic E-state index is 0.0583. The molecular formula is C34H40Cl2N4O4. The number of carbonyl (C=O) groups excluding carboxylic acids is 2. The Morgan fingerprint density at radius 1 is 0.909 bits per heavy atom. The van der Waals surface area contributed by atoms with E-state index in [4.69, 9.17) is 32.7 Å². The van der Waals surface area contributed by atoms with Crippen LogP contribution in [-0.4, -0.2) is 67.9 Å². The molecule has 3 unspecified atom stereocenters. The van der Waals surface area contributed by atoms with Crippen LogP contribution in [0.2, 0.25) is 10.0 Å². The second kappa shape index (κ2) is 13.9. The molecule has 0 spiro atoms. The number of amides is 1. The van der Waals surface area contributed by atoms with Gasteiger partial charge in [-0.3, -0.25) is 20.3 Å². The lowest BCUT2D eigenvalue weighted by molar-refractivity contribution is -0.141. The number of piperazine rings is 1. The molecule has 44 heavy (non-hydrogen) atoms. The highest BCUT2D eigenvalue weighted by Gasteiger charge is 2.54. The maximum atomic E-state index is 15.0. The number of hydrogen-bond donors (Lipinski definition) is 2. The van der Waals surface area contributed by atoms with Crippen LogP contribution in [0.5, 0.6) is 11.5 Å². The number of ether oxygens (including phenoxy) is 2. The fourth-order valence-corrected chi connectivity index (χ4v) is 6.32. The molecule has 0 saturated carbocycles. The van der Waals surface area contributed by atoms with E-state index in [1.54, 1.807) is 7.11 Å². The van der Waals surface area contributed by atoms with Gasteiger partial charge in [-0.2, -0.15) is 0 Å². The zero-order chi connectivity index (χ0) is 31.4. The minimum atomic E-state index is -1.34. The SMILES string of the molecule is COc1ccc(C2(C(=O)N3CCN(CC(C)C=O)CC3)NC(c3ccc(Cl)cc3)C(c3ccc(Cl)cc3)N2)c(OC(C)C)c1. The standard InChI is InChI=1S/C34H40Cl2N4O4/c1-22(2)44-30-19-28(43-4)13-14-29(30)34(33(42)40-17-15-39(16-18-40)20-23(3)21-41)37-31(24-5-9-26(35)10-6-24)32(38-34)25-7-11-27(36)12-8-25/h5-14,19,21-23,31-32,37-38H,15-18,20H2,1-4H3. The third-order valence-electron chi connectivity index (χ3n) is 8.25. The second-order valence-electron chi connectivity index (χ2n) is 11.8. The molecule has 2 N–H and O–H groups in total. The molecule has 234 valence electrons. The van der Waals surface area contributed by atoms with Gasteiger partial charge in [0.25, 0.3) is 5.91 Å². The summed E-state index contributed by atoms with van der Waals surface area (Å²) in [6.45, 7) is 8.93. The number of halogens is 2. The lowest BCUT2D eigenvalue weighted by Gasteiger charge is -2.41. The number of hydrogen-bond acceptors (Lipinski definition) is 7. The number of methoxy groups -OCH3 is 1. The van der Waals surface area contributed by atoms with E-state index in [9.17, 15) is 9.59 Å². The van der Waals surface area contributed by atoms with E-state index in [1.807, 2.05) is 92.4 Å². The van der Waals surface area contributed by atoms with E-state index < -0.39 is 5.66 Å². The average Bonchev–Trinajstić information content (AvgIpc) is 3.43. The predicted octanol–water partition coefficient (Wildman–Crippen LogP) is 5.60. The van der Waals surface area contributed by atoms with E-state index in [1.165, 1.54) is 0 Å². The quantitative estimate of drug-likeness (QED) is 0.280. The zero-order valence-electron chi connectivity index (χ0n) is 25.6. The highest BCUT2D eigenvalue weighted by Crippen LogP contribution is 2.45. The van der Waals surface area contributed by atoms with Gasteiger partial charge in [-0.1, -0.05) is 54.4 Å². The van der Waals surface area contributed by atoms with Crippen molar-refractivity contribution in [2.24, 2.45) is 5.92 Å². The van der Waals surface area contributed by atoms with Crippen molar-refractivity contribution in [3.05, 3.63) is 93.5 Å². The summed E-state index contributed by atoms with van der Waals surface area (Å²) in [5, 5.41) is 8.79. The van der Waals surface area contributed by atoms with Crippen molar-refractivity contribution in [2.45, 2.75) is 44.6 Å². The summed E-state index contributed by atoms with van der Waals surface area (Å²) >= 11 is 12.6. The summed E-state index contributed by atoms with van der Waals surface area (Å²) in [6.07, 6.45) is 0.837. The van der Waals surface area contributed by atoms with Gasteiger partial charge in [0.15, 0.2) is 5.66 Å². The maximum absolute atomic E-state index is 15.0. The topological polar surface area (TPSA) is 83.1 Å². The molecule has 3 aromatic carbocycles. The van der Waals surface area contributed by atoms with Crippen LogP contribution in [0.3, 0.4) is 0 Å². The lowest BCUT2D eigenvalue weighted by atomic mass is 9.95. The van der Waals surface area contributed by atoms with Gasteiger partial charge in [-0.25, -0.2) is 0 Å². The number of carbonyl (C=O) groups is 2. The molecule has 0 radical (unpaired) electrons. The fraction of sp³-hybridized carbons (Fsp3) is 0.412. The molecule has 3 aromatic rings. The number of aldehydes is 1. The summed E-state index contributed by atoms with van der Waals surface area (Å²) in [5.74, 6) is 1.02.